The van der Waals surface area contributed by atoms with Gasteiger partial charge in [-0.15, -0.1) is 0 Å². The van der Waals surface area contributed by atoms with Crippen LogP contribution in [0.1, 0.15) is 36.2 Å². The molecule has 1 aromatic heterocycles. The summed E-state index contributed by atoms with van der Waals surface area (Å²) in [5.74, 6) is -1.92. The molecular formula is C19H21BF3N3O4. The molecule has 1 atom stereocenters. The van der Waals surface area contributed by atoms with Gasteiger partial charge in [0.25, 0.3) is 0 Å². The van der Waals surface area contributed by atoms with E-state index in [1.165, 1.54) is 13.3 Å². The second kappa shape index (κ2) is 7.86. The van der Waals surface area contributed by atoms with Crippen LogP contribution in [0.25, 0.3) is 10.9 Å². The number of benzene rings is 1. The summed E-state index contributed by atoms with van der Waals surface area (Å²) in [6.45, 7) is 3.75. The van der Waals surface area contributed by atoms with Crippen LogP contribution in [0.3, 0.4) is 0 Å². The van der Waals surface area contributed by atoms with Gasteiger partial charge in [0, 0.05) is 37.9 Å². The molecule has 0 bridgehead atoms. The lowest BCUT2D eigenvalue weighted by Crippen LogP contribution is -2.49. The average molecular weight is 423 g/mol. The van der Waals surface area contributed by atoms with Gasteiger partial charge in [0.05, 0.1) is 18.0 Å². The summed E-state index contributed by atoms with van der Waals surface area (Å²) in [4.78, 5) is 26.8. The van der Waals surface area contributed by atoms with Crippen molar-refractivity contribution < 1.29 is 27.2 Å². The van der Waals surface area contributed by atoms with Crippen molar-refractivity contribution in [3.05, 3.63) is 33.9 Å². The molecule has 4 rings (SSSR count). The molecule has 2 fully saturated rings. The standard InChI is InChI=1S/C19H21BF3N3O4/c1-10-8-25(6-5-24-10)16-14(21)7-12-15(18(16)29-2)26(11-3-4-11)9-13(17(12)27)19(28)30-20(22)23/h7,9-11,24H,3-6,8H2,1-2H3. The number of nitrogens with zero attached hydrogens (tertiary/aromatic N) is 2. The highest BCUT2D eigenvalue weighted by Crippen LogP contribution is 2.43. The number of methoxy groups -OCH3 is 1. The number of ether oxygens (including phenoxy) is 1. The van der Waals surface area contributed by atoms with Gasteiger partial charge in [0.1, 0.15) is 11.3 Å². The zero-order chi connectivity index (χ0) is 21.6. The number of halogens is 3. The number of piperazine rings is 1. The number of fused-ring (bicyclic) bond motifs is 1. The first-order valence-electron chi connectivity index (χ1n) is 9.74. The molecule has 2 aromatic rings. The van der Waals surface area contributed by atoms with Crippen molar-refractivity contribution in [2.75, 3.05) is 31.6 Å². The molecular weight excluding hydrogens is 402 g/mol. The minimum atomic E-state index is -3.36. The number of carbonyl (C=O) groups excluding carboxylic acids is 1. The molecule has 1 N–H and O–H groups in total. The molecule has 0 spiro atoms. The van der Waals surface area contributed by atoms with Crippen LogP contribution < -0.4 is 20.4 Å². The predicted molar refractivity (Wildman–Crippen MR) is 106 cm³/mol. The molecule has 1 saturated carbocycles. The van der Waals surface area contributed by atoms with Crippen molar-refractivity contribution >= 4 is 30.0 Å². The second-order valence-corrected chi connectivity index (χ2v) is 7.61. The second-order valence-electron chi connectivity index (χ2n) is 7.61. The van der Waals surface area contributed by atoms with Gasteiger partial charge in [-0.25, -0.2) is 17.8 Å². The van der Waals surface area contributed by atoms with E-state index in [1.54, 1.807) is 4.57 Å². The highest BCUT2D eigenvalue weighted by molar-refractivity contribution is 6.38. The Morgan fingerprint density at radius 3 is 2.67 bits per heavy atom. The van der Waals surface area contributed by atoms with Gasteiger partial charge in [-0.3, -0.25) is 4.79 Å². The molecule has 1 aliphatic carbocycles. The van der Waals surface area contributed by atoms with E-state index < -0.39 is 30.2 Å². The summed E-state index contributed by atoms with van der Waals surface area (Å²) in [6.07, 6.45) is 2.78. The van der Waals surface area contributed by atoms with E-state index in [1.807, 2.05) is 11.8 Å². The van der Waals surface area contributed by atoms with Crippen molar-refractivity contribution in [3.63, 3.8) is 0 Å². The fourth-order valence-electron chi connectivity index (χ4n) is 4.00. The smallest absolute Gasteiger partial charge is 0.492 e. The molecule has 1 unspecified atom stereocenters. The normalized spacial score (nSPS) is 19.1. The summed E-state index contributed by atoms with van der Waals surface area (Å²) in [5, 5.41) is 3.18. The van der Waals surface area contributed by atoms with Crippen LogP contribution >= 0.6 is 0 Å². The van der Waals surface area contributed by atoms with E-state index in [0.717, 1.165) is 18.9 Å². The number of hydrogen-bond donors (Lipinski definition) is 1. The number of pyridine rings is 1. The number of nitrogens with one attached hydrogen (secondary N) is 1. The first-order valence-corrected chi connectivity index (χ1v) is 9.74. The first-order chi connectivity index (χ1) is 14.3. The SMILES string of the molecule is COc1c(N2CCNC(C)C2)c(F)cc2c(=O)c(C(=O)OB(F)F)cn(C3CC3)c12. The Morgan fingerprint density at radius 1 is 1.33 bits per heavy atom. The maximum Gasteiger partial charge on any atom is 0.798 e. The first kappa shape index (κ1) is 20.6. The molecule has 2 aliphatic rings. The van der Waals surface area contributed by atoms with Crippen molar-refractivity contribution in [1.29, 1.82) is 0 Å². The molecule has 0 radical (unpaired) electrons. The van der Waals surface area contributed by atoms with Gasteiger partial charge < -0.3 is 24.2 Å². The van der Waals surface area contributed by atoms with Crippen LogP contribution in [0.4, 0.5) is 18.7 Å². The maximum absolute atomic E-state index is 15.2. The summed E-state index contributed by atoms with van der Waals surface area (Å²) in [7, 11) is -1.96. The summed E-state index contributed by atoms with van der Waals surface area (Å²) < 4.78 is 51.4. The minimum absolute atomic E-state index is 0.0413. The van der Waals surface area contributed by atoms with E-state index in [4.69, 9.17) is 4.74 Å². The molecule has 1 aromatic carbocycles. The molecule has 1 aliphatic heterocycles. The van der Waals surface area contributed by atoms with Crippen LogP contribution in [0.2, 0.25) is 0 Å². The predicted octanol–water partition coefficient (Wildman–Crippen LogP) is 2.36. The quantitative estimate of drug-likeness (QED) is 0.745. The fraction of sp³-hybridized carbons (Fsp3) is 0.474. The molecule has 1 saturated heterocycles. The molecule has 30 heavy (non-hydrogen) atoms. The monoisotopic (exact) mass is 423 g/mol. The van der Waals surface area contributed by atoms with Crippen LogP contribution in [0, 0.1) is 5.82 Å². The minimum Gasteiger partial charge on any atom is -0.492 e. The van der Waals surface area contributed by atoms with Gasteiger partial charge >= 0.3 is 13.4 Å². The zero-order valence-electron chi connectivity index (χ0n) is 16.6. The molecule has 0 amide bonds. The Balaban J connectivity index is 1.96. The molecule has 7 nitrogen and oxygen atoms in total. The Morgan fingerprint density at radius 2 is 2.07 bits per heavy atom. The van der Waals surface area contributed by atoms with Gasteiger partial charge in [0.15, 0.2) is 11.6 Å². The third-order valence-corrected chi connectivity index (χ3v) is 5.44. The van der Waals surface area contributed by atoms with Crippen LogP contribution in [0.5, 0.6) is 5.75 Å². The van der Waals surface area contributed by atoms with Crippen molar-refractivity contribution in [1.82, 2.24) is 9.88 Å². The lowest BCUT2D eigenvalue weighted by Gasteiger charge is -2.35. The van der Waals surface area contributed by atoms with E-state index in [9.17, 15) is 18.2 Å². The van der Waals surface area contributed by atoms with E-state index in [2.05, 4.69) is 9.97 Å². The van der Waals surface area contributed by atoms with E-state index in [0.29, 0.717) is 25.2 Å². The van der Waals surface area contributed by atoms with Crippen LogP contribution in [0.15, 0.2) is 17.1 Å². The maximum atomic E-state index is 15.2. The zero-order valence-corrected chi connectivity index (χ0v) is 16.6. The number of anilines is 1. The van der Waals surface area contributed by atoms with Gasteiger partial charge in [-0.05, 0) is 25.8 Å². The molecule has 11 heteroatoms. The highest BCUT2D eigenvalue weighted by atomic mass is 19.2. The Labute approximate surface area is 170 Å². The lowest BCUT2D eigenvalue weighted by molar-refractivity contribution is 0.0693. The fourth-order valence-corrected chi connectivity index (χ4v) is 4.00. The largest absolute Gasteiger partial charge is 0.798 e. The van der Waals surface area contributed by atoms with Crippen molar-refractivity contribution in [3.8, 4) is 5.75 Å². The van der Waals surface area contributed by atoms with Gasteiger partial charge in [0.2, 0.25) is 5.43 Å². The highest BCUT2D eigenvalue weighted by Gasteiger charge is 2.33. The number of rotatable bonds is 5. The summed E-state index contributed by atoms with van der Waals surface area (Å²) >= 11 is 0. The summed E-state index contributed by atoms with van der Waals surface area (Å²) in [5.41, 5.74) is -0.832. The number of carbonyl (C=O) groups is 1. The molecule has 160 valence electrons. The topological polar surface area (TPSA) is 72.8 Å². The Bertz CT molecular complexity index is 1060. The summed E-state index contributed by atoms with van der Waals surface area (Å²) in [6, 6.07) is 1.15. The van der Waals surface area contributed by atoms with Crippen molar-refractivity contribution in [2.24, 2.45) is 0 Å². The number of hydrogen-bond acceptors (Lipinski definition) is 6. The molecule has 2 heterocycles. The van der Waals surface area contributed by atoms with Gasteiger partial charge in [-0.1, -0.05) is 0 Å². The van der Waals surface area contributed by atoms with Crippen molar-refractivity contribution in [2.45, 2.75) is 31.8 Å². The van der Waals surface area contributed by atoms with E-state index in [-0.39, 0.29) is 28.9 Å². The Kier molecular flexibility index (Phi) is 5.39. The van der Waals surface area contributed by atoms with Gasteiger partial charge in [-0.2, -0.15) is 0 Å². The lowest BCUT2D eigenvalue weighted by atomic mass is 10.1. The Hall–Kier alpha value is -2.69. The number of aromatic nitrogens is 1. The van der Waals surface area contributed by atoms with E-state index >= 15 is 4.39 Å². The third-order valence-electron chi connectivity index (χ3n) is 5.44. The van der Waals surface area contributed by atoms with Crippen LogP contribution in [-0.2, 0) is 4.65 Å². The van der Waals surface area contributed by atoms with Crippen LogP contribution in [-0.4, -0.2) is 50.8 Å². The average Bonchev–Trinajstić information content (AvgIpc) is 3.52. The third kappa shape index (κ3) is 3.62.